The van der Waals surface area contributed by atoms with E-state index in [0.717, 1.165) is 23.6 Å². The fourth-order valence-electron chi connectivity index (χ4n) is 1.85. The molecule has 0 spiro atoms. The van der Waals surface area contributed by atoms with Crippen molar-refractivity contribution in [3.8, 4) is 11.5 Å². The van der Waals surface area contributed by atoms with Crippen molar-refractivity contribution >= 4 is 0 Å². The molecule has 2 aromatic rings. The molecule has 21 heavy (non-hydrogen) atoms. The van der Waals surface area contributed by atoms with Crippen LogP contribution in [0.25, 0.3) is 0 Å². The topological polar surface area (TPSA) is 50.7 Å². The summed E-state index contributed by atoms with van der Waals surface area (Å²) in [5, 5.41) is 11.8. The van der Waals surface area contributed by atoms with Gasteiger partial charge in [-0.25, -0.2) is 0 Å². The number of para-hydroxylation sites is 1. The highest BCUT2D eigenvalue weighted by molar-refractivity contribution is 5.27. The van der Waals surface area contributed by atoms with Gasteiger partial charge in [0.05, 0.1) is 6.61 Å². The van der Waals surface area contributed by atoms with Gasteiger partial charge >= 0.3 is 0 Å². The molecular formula is C17H21NO3. The third-order valence-corrected chi connectivity index (χ3v) is 2.91. The van der Waals surface area contributed by atoms with Crippen LogP contribution < -0.4 is 14.8 Å². The molecule has 0 bridgehead atoms. The van der Waals surface area contributed by atoms with Crippen LogP contribution in [-0.2, 0) is 6.54 Å². The van der Waals surface area contributed by atoms with Crippen LogP contribution in [0, 0.1) is 0 Å². The van der Waals surface area contributed by atoms with E-state index in [0.29, 0.717) is 19.8 Å². The lowest BCUT2D eigenvalue weighted by Crippen LogP contribution is -2.17. The number of aliphatic hydroxyl groups excluding tert-OH is 1. The molecule has 2 aromatic carbocycles. The van der Waals surface area contributed by atoms with Gasteiger partial charge in [-0.15, -0.1) is 0 Å². The van der Waals surface area contributed by atoms with Crippen molar-refractivity contribution in [3.05, 3.63) is 60.2 Å². The lowest BCUT2D eigenvalue weighted by atomic mass is 10.2. The maximum Gasteiger partial charge on any atom is 0.122 e. The van der Waals surface area contributed by atoms with E-state index < -0.39 is 0 Å². The van der Waals surface area contributed by atoms with Gasteiger partial charge in [-0.3, -0.25) is 0 Å². The van der Waals surface area contributed by atoms with Crippen LogP contribution in [0.5, 0.6) is 11.5 Å². The predicted octanol–water partition coefficient (Wildman–Crippen LogP) is 2.23. The van der Waals surface area contributed by atoms with E-state index in [9.17, 15) is 0 Å². The molecule has 0 aliphatic heterocycles. The molecule has 0 aliphatic carbocycles. The molecule has 0 amide bonds. The molecule has 0 aliphatic rings. The maximum absolute atomic E-state index is 8.70. The minimum Gasteiger partial charge on any atom is -0.490 e. The third kappa shape index (κ3) is 5.85. The number of aliphatic hydroxyl groups is 1. The summed E-state index contributed by atoms with van der Waals surface area (Å²) in [6.45, 7) is 2.54. The molecule has 0 aromatic heterocycles. The van der Waals surface area contributed by atoms with Crippen LogP contribution in [0.4, 0.5) is 0 Å². The smallest absolute Gasteiger partial charge is 0.122 e. The molecule has 4 heteroatoms. The normalized spacial score (nSPS) is 10.3. The van der Waals surface area contributed by atoms with Gasteiger partial charge in [0.1, 0.15) is 24.7 Å². The molecule has 0 radical (unpaired) electrons. The predicted molar refractivity (Wildman–Crippen MR) is 82.7 cm³/mol. The lowest BCUT2D eigenvalue weighted by molar-refractivity contribution is 0.217. The summed E-state index contributed by atoms with van der Waals surface area (Å²) in [6.07, 6.45) is 0. The Morgan fingerprint density at radius 1 is 0.810 bits per heavy atom. The van der Waals surface area contributed by atoms with Crippen LogP contribution in [0.1, 0.15) is 5.56 Å². The number of hydrogen-bond donors (Lipinski definition) is 2. The first-order valence-electron chi connectivity index (χ1n) is 7.09. The van der Waals surface area contributed by atoms with Gasteiger partial charge in [0.2, 0.25) is 0 Å². The summed E-state index contributed by atoms with van der Waals surface area (Å²) in [7, 11) is 0. The lowest BCUT2D eigenvalue weighted by Gasteiger charge is -2.09. The number of rotatable bonds is 9. The molecule has 4 nitrogen and oxygen atoms in total. The quantitative estimate of drug-likeness (QED) is 0.694. The monoisotopic (exact) mass is 287 g/mol. The van der Waals surface area contributed by atoms with Crippen molar-refractivity contribution in [2.75, 3.05) is 26.4 Å². The highest BCUT2D eigenvalue weighted by atomic mass is 16.5. The summed E-state index contributed by atoms with van der Waals surface area (Å²) >= 11 is 0. The Kier molecular flexibility index (Phi) is 6.58. The number of ether oxygens (including phenoxy) is 2. The van der Waals surface area contributed by atoms with Gasteiger partial charge in [0, 0.05) is 13.1 Å². The van der Waals surface area contributed by atoms with Crippen LogP contribution in [0.2, 0.25) is 0 Å². The van der Waals surface area contributed by atoms with E-state index in [-0.39, 0.29) is 6.61 Å². The molecule has 112 valence electrons. The molecular weight excluding hydrogens is 266 g/mol. The second-order valence-electron chi connectivity index (χ2n) is 4.55. The van der Waals surface area contributed by atoms with E-state index in [2.05, 4.69) is 5.32 Å². The standard InChI is InChI=1S/C17H21NO3/c19-11-10-18-14-15-6-8-17(9-7-15)21-13-12-20-16-4-2-1-3-5-16/h1-9,18-19H,10-14H2. The molecule has 0 heterocycles. The largest absolute Gasteiger partial charge is 0.490 e. The Bertz CT molecular complexity index is 499. The minimum absolute atomic E-state index is 0.155. The van der Waals surface area contributed by atoms with E-state index in [1.165, 1.54) is 0 Å². The van der Waals surface area contributed by atoms with Crippen LogP contribution in [-0.4, -0.2) is 31.5 Å². The number of hydrogen-bond acceptors (Lipinski definition) is 4. The molecule has 2 N–H and O–H groups in total. The summed E-state index contributed by atoms with van der Waals surface area (Å²) < 4.78 is 11.2. The summed E-state index contributed by atoms with van der Waals surface area (Å²) in [4.78, 5) is 0. The summed E-state index contributed by atoms with van der Waals surface area (Å²) in [5.74, 6) is 1.68. The summed E-state index contributed by atoms with van der Waals surface area (Å²) in [5.41, 5.74) is 1.16. The maximum atomic E-state index is 8.70. The first-order chi connectivity index (χ1) is 10.4. The van der Waals surface area contributed by atoms with Gasteiger partial charge < -0.3 is 19.9 Å². The van der Waals surface area contributed by atoms with Gasteiger partial charge in [-0.1, -0.05) is 30.3 Å². The zero-order valence-corrected chi connectivity index (χ0v) is 12.0. The van der Waals surface area contributed by atoms with Crippen molar-refractivity contribution in [2.24, 2.45) is 0 Å². The SMILES string of the molecule is OCCNCc1ccc(OCCOc2ccccc2)cc1. The van der Waals surface area contributed by atoms with E-state index in [1.54, 1.807) is 0 Å². The second kappa shape index (κ2) is 9.00. The Hall–Kier alpha value is -2.04. The second-order valence-corrected chi connectivity index (χ2v) is 4.55. The average molecular weight is 287 g/mol. The molecule has 0 fully saturated rings. The van der Waals surface area contributed by atoms with Gasteiger partial charge in [0.15, 0.2) is 0 Å². The van der Waals surface area contributed by atoms with Gasteiger partial charge in [-0.2, -0.15) is 0 Å². The Morgan fingerprint density at radius 3 is 2.05 bits per heavy atom. The molecule has 0 atom stereocenters. The number of nitrogens with one attached hydrogen (secondary N) is 1. The van der Waals surface area contributed by atoms with Gasteiger partial charge in [0.25, 0.3) is 0 Å². The van der Waals surface area contributed by atoms with Crippen LogP contribution in [0.3, 0.4) is 0 Å². The van der Waals surface area contributed by atoms with E-state index in [4.69, 9.17) is 14.6 Å². The van der Waals surface area contributed by atoms with Crippen molar-refractivity contribution in [1.82, 2.24) is 5.32 Å². The fraction of sp³-hybridized carbons (Fsp3) is 0.294. The zero-order valence-electron chi connectivity index (χ0n) is 12.0. The van der Waals surface area contributed by atoms with Crippen molar-refractivity contribution in [3.63, 3.8) is 0 Å². The van der Waals surface area contributed by atoms with Gasteiger partial charge in [-0.05, 0) is 29.8 Å². The van der Waals surface area contributed by atoms with Crippen molar-refractivity contribution in [2.45, 2.75) is 6.54 Å². The third-order valence-electron chi connectivity index (χ3n) is 2.91. The summed E-state index contributed by atoms with van der Waals surface area (Å²) in [6, 6.07) is 17.6. The highest BCUT2D eigenvalue weighted by Crippen LogP contribution is 2.12. The average Bonchev–Trinajstić information content (AvgIpc) is 2.54. The van der Waals surface area contributed by atoms with Crippen molar-refractivity contribution < 1.29 is 14.6 Å². The molecule has 0 unspecified atom stereocenters. The van der Waals surface area contributed by atoms with Crippen LogP contribution >= 0.6 is 0 Å². The Morgan fingerprint density at radius 2 is 1.43 bits per heavy atom. The van der Waals surface area contributed by atoms with E-state index in [1.807, 2.05) is 54.6 Å². The molecule has 2 rings (SSSR count). The fourth-order valence-corrected chi connectivity index (χ4v) is 1.85. The minimum atomic E-state index is 0.155. The zero-order chi connectivity index (χ0) is 14.8. The Balaban J connectivity index is 1.66. The highest BCUT2D eigenvalue weighted by Gasteiger charge is 1.97. The first kappa shape index (κ1) is 15.4. The van der Waals surface area contributed by atoms with E-state index >= 15 is 0 Å². The molecule has 0 saturated carbocycles. The number of benzene rings is 2. The Labute approximate surface area is 125 Å². The first-order valence-corrected chi connectivity index (χ1v) is 7.09. The molecule has 0 saturated heterocycles. The van der Waals surface area contributed by atoms with Crippen LogP contribution in [0.15, 0.2) is 54.6 Å². The van der Waals surface area contributed by atoms with Crippen molar-refractivity contribution in [1.29, 1.82) is 0 Å².